The van der Waals surface area contributed by atoms with Crippen LogP contribution in [-0.2, 0) is 0 Å². The van der Waals surface area contributed by atoms with Crippen LogP contribution >= 0.6 is 11.3 Å². The Morgan fingerprint density at radius 2 is 1.89 bits per heavy atom. The Morgan fingerprint density at radius 3 is 2.61 bits per heavy atom. The average Bonchev–Trinajstić information content (AvgIpc) is 3.12. The van der Waals surface area contributed by atoms with Crippen molar-refractivity contribution in [2.75, 3.05) is 31.1 Å². The van der Waals surface area contributed by atoms with E-state index >= 15 is 0 Å². The number of rotatable bonds is 3. The van der Waals surface area contributed by atoms with Crippen molar-refractivity contribution in [1.82, 2.24) is 9.88 Å². The van der Waals surface area contributed by atoms with E-state index in [0.29, 0.717) is 31.7 Å². The maximum Gasteiger partial charge on any atom is 0.270 e. The van der Waals surface area contributed by atoms with Crippen LogP contribution in [0.4, 0.5) is 10.8 Å². The van der Waals surface area contributed by atoms with E-state index in [-0.39, 0.29) is 11.6 Å². The van der Waals surface area contributed by atoms with E-state index in [4.69, 9.17) is 4.98 Å². The van der Waals surface area contributed by atoms with Gasteiger partial charge in [0, 0.05) is 43.9 Å². The largest absolute Gasteiger partial charge is 0.345 e. The van der Waals surface area contributed by atoms with Crippen LogP contribution in [0.2, 0.25) is 0 Å². The first kappa shape index (κ1) is 18.4. The molecule has 4 rings (SSSR count). The molecule has 7 nitrogen and oxygen atoms in total. The normalized spacial score (nSPS) is 14.5. The fourth-order valence-corrected chi connectivity index (χ4v) is 4.72. The van der Waals surface area contributed by atoms with E-state index < -0.39 is 4.92 Å². The Kier molecular flexibility index (Phi) is 4.72. The van der Waals surface area contributed by atoms with E-state index in [9.17, 15) is 14.9 Å². The monoisotopic (exact) mass is 396 g/mol. The topological polar surface area (TPSA) is 79.6 Å². The number of non-ortho nitro benzene ring substituents is 1. The fourth-order valence-electron chi connectivity index (χ4n) is 3.53. The summed E-state index contributed by atoms with van der Waals surface area (Å²) < 4.78 is 1.18. The maximum absolute atomic E-state index is 12.7. The second kappa shape index (κ2) is 7.20. The third-order valence-corrected chi connectivity index (χ3v) is 6.02. The number of anilines is 1. The van der Waals surface area contributed by atoms with Gasteiger partial charge in [-0.15, -0.1) is 0 Å². The molecule has 0 radical (unpaired) electrons. The first-order chi connectivity index (χ1) is 13.4. The molecule has 1 saturated heterocycles. The number of amides is 1. The van der Waals surface area contributed by atoms with Crippen molar-refractivity contribution in [1.29, 1.82) is 0 Å². The second-order valence-electron chi connectivity index (χ2n) is 7.01. The van der Waals surface area contributed by atoms with Crippen molar-refractivity contribution < 1.29 is 9.72 Å². The number of aryl methyl sites for hydroxylation is 2. The van der Waals surface area contributed by atoms with Gasteiger partial charge in [-0.05, 0) is 37.1 Å². The SMILES string of the molecule is Cc1cc(C)c2nc(N3CCN(C(=O)c4cccc([N+](=O)[O-])c4)CC3)sc2c1. The van der Waals surface area contributed by atoms with Crippen LogP contribution in [0.25, 0.3) is 10.2 Å². The number of hydrogen-bond acceptors (Lipinski definition) is 6. The number of nitro benzene ring substituents is 1. The van der Waals surface area contributed by atoms with Gasteiger partial charge in [0.25, 0.3) is 11.6 Å². The summed E-state index contributed by atoms with van der Waals surface area (Å²) in [4.78, 5) is 31.9. The molecule has 2 heterocycles. The smallest absolute Gasteiger partial charge is 0.270 e. The number of nitro groups is 1. The molecule has 0 N–H and O–H groups in total. The number of hydrogen-bond donors (Lipinski definition) is 0. The zero-order valence-corrected chi connectivity index (χ0v) is 16.5. The molecule has 1 aromatic heterocycles. The van der Waals surface area contributed by atoms with Gasteiger partial charge in [-0.3, -0.25) is 14.9 Å². The van der Waals surface area contributed by atoms with Gasteiger partial charge in [-0.1, -0.05) is 23.5 Å². The molecule has 0 aliphatic carbocycles. The second-order valence-corrected chi connectivity index (χ2v) is 8.02. The van der Waals surface area contributed by atoms with E-state index in [2.05, 4.69) is 30.9 Å². The van der Waals surface area contributed by atoms with Crippen molar-refractivity contribution in [2.24, 2.45) is 0 Å². The summed E-state index contributed by atoms with van der Waals surface area (Å²) in [5.41, 5.74) is 3.74. The summed E-state index contributed by atoms with van der Waals surface area (Å²) in [5, 5.41) is 11.9. The van der Waals surface area contributed by atoms with Crippen molar-refractivity contribution >= 4 is 38.3 Å². The first-order valence-electron chi connectivity index (χ1n) is 9.09. The molecule has 1 aliphatic rings. The van der Waals surface area contributed by atoms with Crippen LogP contribution in [-0.4, -0.2) is 46.9 Å². The minimum absolute atomic E-state index is 0.0652. The summed E-state index contributed by atoms with van der Waals surface area (Å²) in [6, 6.07) is 10.2. The highest BCUT2D eigenvalue weighted by Gasteiger charge is 2.25. The molecule has 28 heavy (non-hydrogen) atoms. The third-order valence-electron chi connectivity index (χ3n) is 4.96. The van der Waals surface area contributed by atoms with Gasteiger partial charge in [0.05, 0.1) is 15.1 Å². The molecule has 2 aromatic carbocycles. The lowest BCUT2D eigenvalue weighted by Crippen LogP contribution is -2.48. The van der Waals surface area contributed by atoms with Gasteiger partial charge in [0.15, 0.2) is 5.13 Å². The van der Waals surface area contributed by atoms with Crippen LogP contribution < -0.4 is 4.90 Å². The van der Waals surface area contributed by atoms with Gasteiger partial charge in [-0.25, -0.2) is 4.98 Å². The summed E-state index contributed by atoms with van der Waals surface area (Å²) in [6.45, 7) is 6.68. The Hall–Kier alpha value is -3.00. The Bertz CT molecular complexity index is 1070. The number of aromatic nitrogens is 1. The van der Waals surface area contributed by atoms with Gasteiger partial charge in [0.2, 0.25) is 0 Å². The lowest BCUT2D eigenvalue weighted by atomic mass is 10.1. The fraction of sp³-hybridized carbons (Fsp3) is 0.300. The van der Waals surface area contributed by atoms with E-state index in [1.807, 2.05) is 0 Å². The van der Waals surface area contributed by atoms with Gasteiger partial charge in [0.1, 0.15) is 0 Å². The van der Waals surface area contributed by atoms with Crippen LogP contribution in [0.1, 0.15) is 21.5 Å². The maximum atomic E-state index is 12.7. The zero-order valence-electron chi connectivity index (χ0n) is 15.7. The number of thiazole rings is 1. The molecule has 0 atom stereocenters. The van der Waals surface area contributed by atoms with Gasteiger partial charge < -0.3 is 9.80 Å². The van der Waals surface area contributed by atoms with E-state index in [0.717, 1.165) is 10.6 Å². The zero-order chi connectivity index (χ0) is 19.8. The summed E-state index contributed by atoms with van der Waals surface area (Å²) >= 11 is 1.68. The number of benzene rings is 2. The standard InChI is InChI=1S/C20H20N4O3S/c1-13-10-14(2)18-17(11-13)28-20(21-18)23-8-6-22(7-9-23)19(25)15-4-3-5-16(12-15)24(26)27/h3-5,10-12H,6-9H2,1-2H3. The highest BCUT2D eigenvalue weighted by atomic mass is 32.1. The molecule has 1 amide bonds. The summed E-state index contributed by atoms with van der Waals surface area (Å²) in [5.74, 6) is -0.167. The van der Waals surface area contributed by atoms with Crippen LogP contribution in [0.3, 0.4) is 0 Å². The Balaban J connectivity index is 1.47. The highest BCUT2D eigenvalue weighted by Crippen LogP contribution is 2.32. The first-order valence-corrected chi connectivity index (χ1v) is 9.90. The molecule has 0 saturated carbocycles. The molecule has 1 aliphatic heterocycles. The third kappa shape index (κ3) is 3.43. The van der Waals surface area contributed by atoms with Gasteiger partial charge >= 0.3 is 0 Å². The predicted molar refractivity (Wildman–Crippen MR) is 110 cm³/mol. The lowest BCUT2D eigenvalue weighted by molar-refractivity contribution is -0.384. The van der Waals surface area contributed by atoms with Crippen molar-refractivity contribution in [3.8, 4) is 0 Å². The highest BCUT2D eigenvalue weighted by molar-refractivity contribution is 7.22. The Labute approximate surface area is 166 Å². The van der Waals surface area contributed by atoms with Crippen LogP contribution in [0, 0.1) is 24.0 Å². The molecule has 8 heteroatoms. The van der Waals surface area contributed by atoms with Crippen molar-refractivity contribution in [3.63, 3.8) is 0 Å². The number of piperazine rings is 1. The molecule has 1 fully saturated rings. The lowest BCUT2D eigenvalue weighted by Gasteiger charge is -2.34. The minimum atomic E-state index is -0.481. The summed E-state index contributed by atoms with van der Waals surface area (Å²) in [6.07, 6.45) is 0. The quantitative estimate of drug-likeness (QED) is 0.497. The van der Waals surface area contributed by atoms with Crippen LogP contribution in [0.15, 0.2) is 36.4 Å². The Morgan fingerprint density at radius 1 is 1.14 bits per heavy atom. The molecule has 0 bridgehead atoms. The number of carbonyl (C=O) groups is 1. The molecule has 0 spiro atoms. The van der Waals surface area contributed by atoms with Crippen molar-refractivity contribution in [3.05, 3.63) is 63.2 Å². The number of fused-ring (bicyclic) bond motifs is 1. The summed E-state index contributed by atoms with van der Waals surface area (Å²) in [7, 11) is 0. The number of nitrogens with zero attached hydrogens (tertiary/aromatic N) is 4. The van der Waals surface area contributed by atoms with Crippen molar-refractivity contribution in [2.45, 2.75) is 13.8 Å². The molecule has 0 unspecified atom stereocenters. The number of carbonyl (C=O) groups excluding carboxylic acids is 1. The van der Waals surface area contributed by atoms with Crippen LogP contribution in [0.5, 0.6) is 0 Å². The molecular formula is C20H20N4O3S. The molecule has 3 aromatic rings. The van der Waals surface area contributed by atoms with E-state index in [1.165, 1.54) is 28.0 Å². The minimum Gasteiger partial charge on any atom is -0.345 e. The average molecular weight is 396 g/mol. The predicted octanol–water partition coefficient (Wildman–Crippen LogP) is 3.78. The molecule has 144 valence electrons. The van der Waals surface area contributed by atoms with Gasteiger partial charge in [-0.2, -0.15) is 0 Å². The van der Waals surface area contributed by atoms with E-state index in [1.54, 1.807) is 28.4 Å². The molecular weight excluding hydrogens is 376 g/mol.